The van der Waals surface area contributed by atoms with Crippen molar-refractivity contribution in [1.82, 2.24) is 4.90 Å². The number of carboxylic acid groups (broad SMARTS) is 1. The number of hydrogen-bond donors (Lipinski definition) is 1. The topological polar surface area (TPSA) is 89.9 Å². The fourth-order valence-corrected chi connectivity index (χ4v) is 3.98. The van der Waals surface area contributed by atoms with Gasteiger partial charge in [0.2, 0.25) is 0 Å². The number of phenolic OH excluding ortho intramolecular Hbond substituents is 1. The second-order valence-corrected chi connectivity index (χ2v) is 7.83. The van der Waals surface area contributed by atoms with Gasteiger partial charge in [0.1, 0.15) is 4.32 Å². The lowest BCUT2D eigenvalue weighted by atomic mass is 10.1. The van der Waals surface area contributed by atoms with Crippen LogP contribution in [0.5, 0.6) is 11.5 Å². The van der Waals surface area contributed by atoms with Crippen molar-refractivity contribution >= 4 is 78.1 Å². The van der Waals surface area contributed by atoms with Crippen molar-refractivity contribution in [2.75, 3.05) is 13.2 Å². The zero-order chi connectivity index (χ0) is 18.0. The average Bonchev–Trinajstić information content (AvgIpc) is 2.76. The summed E-state index contributed by atoms with van der Waals surface area (Å²) in [5.74, 6) is -1.85. The van der Waals surface area contributed by atoms with Crippen LogP contribution in [0.4, 0.5) is 0 Å². The number of phenols is 1. The van der Waals surface area contributed by atoms with Gasteiger partial charge in [0.05, 0.1) is 24.0 Å². The molecule has 10 heteroatoms. The van der Waals surface area contributed by atoms with Crippen LogP contribution in [0.1, 0.15) is 12.5 Å². The van der Waals surface area contributed by atoms with Crippen LogP contribution in [0.2, 0.25) is 0 Å². The monoisotopic (exact) mass is 494 g/mol. The molecule has 1 N–H and O–H groups in total. The van der Waals surface area contributed by atoms with E-state index in [2.05, 4.69) is 31.9 Å². The molecule has 1 aromatic carbocycles. The largest absolute Gasteiger partial charge is 0.548 e. The SMILES string of the molecule is CCOc1cc(Br)c(Br)c(/C=C2\SC(=S)N(CC(=O)[O-])C2=O)c1O. The van der Waals surface area contributed by atoms with Crippen LogP contribution in [-0.4, -0.2) is 39.4 Å². The molecule has 0 saturated carbocycles. The van der Waals surface area contributed by atoms with E-state index in [1.165, 1.54) is 6.08 Å². The summed E-state index contributed by atoms with van der Waals surface area (Å²) in [7, 11) is 0. The third-order valence-electron chi connectivity index (χ3n) is 2.93. The second kappa shape index (κ2) is 7.85. The lowest BCUT2D eigenvalue weighted by molar-refractivity contribution is -0.305. The Bertz CT molecular complexity index is 766. The van der Waals surface area contributed by atoms with Gasteiger partial charge in [0.25, 0.3) is 5.91 Å². The third-order valence-corrected chi connectivity index (χ3v) is 6.32. The van der Waals surface area contributed by atoms with Gasteiger partial charge in [-0.25, -0.2) is 0 Å². The maximum atomic E-state index is 12.3. The number of carboxylic acids is 1. The zero-order valence-electron chi connectivity index (χ0n) is 12.2. The number of thiocarbonyl (C=S) groups is 1. The van der Waals surface area contributed by atoms with Crippen LogP contribution in [0, 0.1) is 0 Å². The number of aliphatic carboxylic acids is 1. The summed E-state index contributed by atoms with van der Waals surface area (Å²) in [4.78, 5) is 24.1. The molecule has 1 saturated heterocycles. The molecule has 0 atom stereocenters. The molecule has 0 unspecified atom stereocenters. The standard InChI is InChI=1S/C14H11Br2NO5S2/c1-2-22-8-4-7(15)11(16)6(12(8)20)3-9-13(21)17(5-10(18)19)14(23)24-9/h3-4,20H,2,5H2,1H3,(H,18,19)/p-1/b9-3-. The predicted octanol–water partition coefficient (Wildman–Crippen LogP) is 2.27. The molecule has 0 aliphatic carbocycles. The number of hydrogen-bond acceptors (Lipinski definition) is 7. The van der Waals surface area contributed by atoms with Gasteiger partial charge in [-0.3, -0.25) is 9.69 Å². The van der Waals surface area contributed by atoms with Crippen molar-refractivity contribution in [3.05, 3.63) is 25.5 Å². The Morgan fingerprint density at radius 1 is 1.54 bits per heavy atom. The molecule has 2 rings (SSSR count). The van der Waals surface area contributed by atoms with Gasteiger partial charge in [-0.15, -0.1) is 0 Å². The summed E-state index contributed by atoms with van der Waals surface area (Å²) in [6.45, 7) is 1.52. The molecule has 1 fully saturated rings. The van der Waals surface area contributed by atoms with E-state index < -0.39 is 18.4 Å². The van der Waals surface area contributed by atoms with Crippen LogP contribution >= 0.6 is 55.8 Å². The first-order valence-corrected chi connectivity index (χ1v) is 9.36. The maximum Gasteiger partial charge on any atom is 0.266 e. The molecule has 1 aliphatic rings. The van der Waals surface area contributed by atoms with Crippen molar-refractivity contribution in [3.63, 3.8) is 0 Å². The van der Waals surface area contributed by atoms with E-state index in [-0.39, 0.29) is 20.7 Å². The van der Waals surface area contributed by atoms with Gasteiger partial charge >= 0.3 is 0 Å². The number of ether oxygens (including phenoxy) is 1. The molecular weight excluding hydrogens is 486 g/mol. The smallest absolute Gasteiger partial charge is 0.266 e. The average molecular weight is 496 g/mol. The Hall–Kier alpha value is -1.10. The first-order chi connectivity index (χ1) is 11.3. The van der Waals surface area contributed by atoms with Crippen molar-refractivity contribution in [1.29, 1.82) is 0 Å². The van der Waals surface area contributed by atoms with E-state index in [0.29, 0.717) is 21.1 Å². The molecule has 1 aliphatic heterocycles. The molecule has 1 amide bonds. The van der Waals surface area contributed by atoms with Crippen LogP contribution in [0.15, 0.2) is 19.9 Å². The summed E-state index contributed by atoms with van der Waals surface area (Å²) in [5.41, 5.74) is 0.321. The van der Waals surface area contributed by atoms with E-state index in [9.17, 15) is 19.8 Å². The molecule has 6 nitrogen and oxygen atoms in total. The van der Waals surface area contributed by atoms with Gasteiger partial charge < -0.3 is 19.7 Å². The van der Waals surface area contributed by atoms with E-state index in [0.717, 1.165) is 16.7 Å². The van der Waals surface area contributed by atoms with Crippen LogP contribution in [0.3, 0.4) is 0 Å². The first-order valence-electron chi connectivity index (χ1n) is 6.55. The Labute approximate surface area is 164 Å². The molecule has 0 radical (unpaired) electrons. The molecule has 1 heterocycles. The minimum Gasteiger partial charge on any atom is -0.548 e. The van der Waals surface area contributed by atoms with E-state index >= 15 is 0 Å². The van der Waals surface area contributed by atoms with Gasteiger partial charge in [0, 0.05) is 14.5 Å². The predicted molar refractivity (Wildman–Crippen MR) is 99.6 cm³/mol. The highest BCUT2D eigenvalue weighted by atomic mass is 79.9. The van der Waals surface area contributed by atoms with Gasteiger partial charge in [-0.2, -0.15) is 0 Å². The Morgan fingerprint density at radius 3 is 2.79 bits per heavy atom. The van der Waals surface area contributed by atoms with Crippen molar-refractivity contribution in [2.45, 2.75) is 6.92 Å². The number of carbonyl (C=O) groups excluding carboxylic acids is 2. The summed E-state index contributed by atoms with van der Waals surface area (Å²) in [5, 5.41) is 21.1. The quantitative estimate of drug-likeness (QED) is 0.495. The number of amides is 1. The van der Waals surface area contributed by atoms with Crippen molar-refractivity contribution < 1.29 is 24.5 Å². The van der Waals surface area contributed by atoms with Crippen LogP contribution in [-0.2, 0) is 9.59 Å². The second-order valence-electron chi connectivity index (χ2n) is 4.51. The van der Waals surface area contributed by atoms with E-state index in [4.69, 9.17) is 17.0 Å². The summed E-state index contributed by atoms with van der Waals surface area (Å²) < 4.78 is 6.62. The number of thioether (sulfide) groups is 1. The number of carbonyl (C=O) groups is 2. The number of rotatable bonds is 5. The minimum absolute atomic E-state index is 0.117. The summed E-state index contributed by atoms with van der Waals surface area (Å²) >= 11 is 12.6. The maximum absolute atomic E-state index is 12.3. The highest BCUT2D eigenvalue weighted by Crippen LogP contribution is 2.43. The summed E-state index contributed by atoms with van der Waals surface area (Å²) in [6.07, 6.45) is 1.43. The van der Waals surface area contributed by atoms with Gasteiger partial charge in [-0.1, -0.05) is 24.0 Å². The normalized spacial score (nSPS) is 16.1. The zero-order valence-corrected chi connectivity index (χ0v) is 17.0. The highest BCUT2D eigenvalue weighted by Gasteiger charge is 2.32. The van der Waals surface area contributed by atoms with Crippen molar-refractivity contribution in [2.24, 2.45) is 0 Å². The fraction of sp³-hybridized carbons (Fsp3) is 0.214. The van der Waals surface area contributed by atoms with E-state index in [1.54, 1.807) is 13.0 Å². The molecule has 128 valence electrons. The first kappa shape index (κ1) is 19.2. The number of halogens is 2. The molecule has 0 bridgehead atoms. The van der Waals surface area contributed by atoms with Gasteiger partial charge in [-0.05, 0) is 50.9 Å². The van der Waals surface area contributed by atoms with Crippen LogP contribution in [0.25, 0.3) is 6.08 Å². The Kier molecular flexibility index (Phi) is 6.29. The lowest BCUT2D eigenvalue weighted by Gasteiger charge is -2.14. The third kappa shape index (κ3) is 3.93. The number of aromatic hydroxyl groups is 1. The molecular formula is C14H10Br2NO5S2-. The Morgan fingerprint density at radius 2 is 2.21 bits per heavy atom. The van der Waals surface area contributed by atoms with E-state index in [1.807, 2.05) is 0 Å². The number of benzene rings is 1. The number of nitrogens with zero attached hydrogens (tertiary/aromatic N) is 1. The highest BCUT2D eigenvalue weighted by molar-refractivity contribution is 9.13. The van der Waals surface area contributed by atoms with Crippen molar-refractivity contribution in [3.8, 4) is 11.5 Å². The Balaban J connectivity index is 2.46. The van der Waals surface area contributed by atoms with Gasteiger partial charge in [0.15, 0.2) is 11.5 Å². The molecule has 0 aromatic heterocycles. The summed E-state index contributed by atoms with van der Waals surface area (Å²) in [6, 6.07) is 1.60. The minimum atomic E-state index is -1.40. The molecule has 24 heavy (non-hydrogen) atoms. The molecule has 1 aromatic rings. The fourth-order valence-electron chi connectivity index (χ4n) is 1.91. The lowest BCUT2D eigenvalue weighted by Crippen LogP contribution is -2.40. The molecule has 0 spiro atoms. The van der Waals surface area contributed by atoms with Crippen LogP contribution < -0.4 is 9.84 Å².